The fraction of sp³-hybridized carbons (Fsp3) is 0.273. The number of hydrogen-bond acceptors (Lipinski definition) is 2. The third-order valence-corrected chi connectivity index (χ3v) is 2.28. The van der Waals surface area contributed by atoms with Crippen LogP contribution in [-0.2, 0) is 0 Å². The van der Waals surface area contributed by atoms with Crippen molar-refractivity contribution in [1.29, 1.82) is 0 Å². The lowest BCUT2D eigenvalue weighted by Crippen LogP contribution is -1.90. The number of aromatic amines is 1. The summed E-state index contributed by atoms with van der Waals surface area (Å²) < 4.78 is 10.5. The van der Waals surface area contributed by atoms with Crippen LogP contribution in [0.4, 0.5) is 0 Å². The van der Waals surface area contributed by atoms with Crippen molar-refractivity contribution >= 4 is 10.9 Å². The number of rotatable bonds is 2. The van der Waals surface area contributed by atoms with Gasteiger partial charge < -0.3 is 14.5 Å². The highest BCUT2D eigenvalue weighted by Gasteiger charge is 2.09. The number of aromatic nitrogens is 1. The van der Waals surface area contributed by atoms with Gasteiger partial charge in [-0.05, 0) is 25.1 Å². The van der Waals surface area contributed by atoms with Crippen molar-refractivity contribution in [2.45, 2.75) is 6.92 Å². The molecule has 0 unspecified atom stereocenters. The fourth-order valence-electron chi connectivity index (χ4n) is 1.67. The average Bonchev–Trinajstić information content (AvgIpc) is 2.56. The van der Waals surface area contributed by atoms with E-state index in [1.807, 2.05) is 19.1 Å². The molecular weight excluding hydrogens is 178 g/mol. The van der Waals surface area contributed by atoms with Crippen molar-refractivity contribution in [2.24, 2.45) is 0 Å². The van der Waals surface area contributed by atoms with Crippen molar-refractivity contribution in [1.82, 2.24) is 4.98 Å². The number of benzene rings is 1. The van der Waals surface area contributed by atoms with Gasteiger partial charge in [0.2, 0.25) is 0 Å². The van der Waals surface area contributed by atoms with Crippen LogP contribution in [0.25, 0.3) is 10.9 Å². The zero-order chi connectivity index (χ0) is 10.1. The molecule has 0 atom stereocenters. The Labute approximate surface area is 82.6 Å². The number of nitrogens with one attached hydrogen (secondary N) is 1. The summed E-state index contributed by atoms with van der Waals surface area (Å²) >= 11 is 0. The van der Waals surface area contributed by atoms with E-state index in [4.69, 9.17) is 9.47 Å². The Morgan fingerprint density at radius 2 is 1.93 bits per heavy atom. The SMILES string of the molecule is COc1ccc2[nH]c(C)cc2c1OC. The molecule has 3 nitrogen and oxygen atoms in total. The summed E-state index contributed by atoms with van der Waals surface area (Å²) in [4.78, 5) is 3.25. The maximum Gasteiger partial charge on any atom is 0.170 e. The largest absolute Gasteiger partial charge is 0.493 e. The fourth-order valence-corrected chi connectivity index (χ4v) is 1.67. The lowest BCUT2D eigenvalue weighted by Gasteiger charge is -2.07. The van der Waals surface area contributed by atoms with E-state index in [1.165, 1.54) is 0 Å². The third-order valence-electron chi connectivity index (χ3n) is 2.28. The molecule has 0 saturated carbocycles. The minimum absolute atomic E-state index is 0.763. The molecule has 0 aliphatic heterocycles. The van der Waals surface area contributed by atoms with E-state index in [-0.39, 0.29) is 0 Å². The Hall–Kier alpha value is -1.64. The predicted molar refractivity (Wildman–Crippen MR) is 56.1 cm³/mol. The van der Waals surface area contributed by atoms with Crippen LogP contribution >= 0.6 is 0 Å². The topological polar surface area (TPSA) is 34.2 Å². The summed E-state index contributed by atoms with van der Waals surface area (Å²) in [6.07, 6.45) is 0. The van der Waals surface area contributed by atoms with Crippen LogP contribution in [0.15, 0.2) is 18.2 Å². The van der Waals surface area contributed by atoms with Gasteiger partial charge in [0.15, 0.2) is 11.5 Å². The van der Waals surface area contributed by atoms with Gasteiger partial charge in [0.1, 0.15) is 0 Å². The molecule has 74 valence electrons. The van der Waals surface area contributed by atoms with E-state index in [0.717, 1.165) is 28.1 Å². The van der Waals surface area contributed by atoms with Gasteiger partial charge in [-0.3, -0.25) is 0 Å². The Morgan fingerprint density at radius 3 is 2.57 bits per heavy atom. The first-order chi connectivity index (χ1) is 6.76. The first-order valence-corrected chi connectivity index (χ1v) is 4.46. The zero-order valence-corrected chi connectivity index (χ0v) is 8.55. The number of H-pyrrole nitrogens is 1. The van der Waals surface area contributed by atoms with Gasteiger partial charge in [-0.25, -0.2) is 0 Å². The molecule has 2 aromatic rings. The van der Waals surface area contributed by atoms with Crippen LogP contribution < -0.4 is 9.47 Å². The molecule has 0 aliphatic rings. The summed E-state index contributed by atoms with van der Waals surface area (Å²) in [6, 6.07) is 5.94. The lowest BCUT2D eigenvalue weighted by molar-refractivity contribution is 0.358. The van der Waals surface area contributed by atoms with Gasteiger partial charge in [-0.1, -0.05) is 0 Å². The first-order valence-electron chi connectivity index (χ1n) is 4.46. The molecule has 1 heterocycles. The molecular formula is C11H13NO2. The highest BCUT2D eigenvalue weighted by Crippen LogP contribution is 2.35. The van der Waals surface area contributed by atoms with Gasteiger partial charge in [-0.15, -0.1) is 0 Å². The van der Waals surface area contributed by atoms with Gasteiger partial charge in [0, 0.05) is 16.6 Å². The molecule has 3 heteroatoms. The van der Waals surface area contributed by atoms with Crippen molar-refractivity contribution < 1.29 is 9.47 Å². The molecule has 2 rings (SSSR count). The van der Waals surface area contributed by atoms with Gasteiger partial charge in [0.25, 0.3) is 0 Å². The Morgan fingerprint density at radius 1 is 1.14 bits per heavy atom. The average molecular weight is 191 g/mol. The highest BCUT2D eigenvalue weighted by atomic mass is 16.5. The molecule has 14 heavy (non-hydrogen) atoms. The molecule has 1 aromatic carbocycles. The zero-order valence-electron chi connectivity index (χ0n) is 8.55. The standard InChI is InChI=1S/C11H13NO2/c1-7-6-8-9(12-7)4-5-10(13-2)11(8)14-3/h4-6,12H,1-3H3. The molecule has 0 radical (unpaired) electrons. The molecule has 0 bridgehead atoms. The van der Waals surface area contributed by atoms with Gasteiger partial charge >= 0.3 is 0 Å². The maximum absolute atomic E-state index is 5.32. The molecule has 0 fully saturated rings. The molecule has 0 spiro atoms. The summed E-state index contributed by atoms with van der Waals surface area (Å²) in [5.74, 6) is 1.55. The first kappa shape index (κ1) is 8.94. The smallest absolute Gasteiger partial charge is 0.170 e. The number of fused-ring (bicyclic) bond motifs is 1. The molecule has 0 saturated heterocycles. The molecule has 0 amide bonds. The Kier molecular flexibility index (Phi) is 2.08. The van der Waals surface area contributed by atoms with E-state index in [2.05, 4.69) is 11.1 Å². The van der Waals surface area contributed by atoms with Crippen LogP contribution in [-0.4, -0.2) is 19.2 Å². The summed E-state index contributed by atoms with van der Waals surface area (Å²) in [5.41, 5.74) is 2.19. The monoisotopic (exact) mass is 191 g/mol. The number of methoxy groups -OCH3 is 2. The highest BCUT2D eigenvalue weighted by molar-refractivity contribution is 5.89. The van der Waals surface area contributed by atoms with Crippen LogP contribution in [0.1, 0.15) is 5.69 Å². The quantitative estimate of drug-likeness (QED) is 0.791. The van der Waals surface area contributed by atoms with E-state index >= 15 is 0 Å². The number of hydrogen-bond donors (Lipinski definition) is 1. The molecule has 0 aliphatic carbocycles. The van der Waals surface area contributed by atoms with E-state index in [0.29, 0.717) is 0 Å². The van der Waals surface area contributed by atoms with E-state index < -0.39 is 0 Å². The van der Waals surface area contributed by atoms with E-state index in [9.17, 15) is 0 Å². The van der Waals surface area contributed by atoms with E-state index in [1.54, 1.807) is 14.2 Å². The van der Waals surface area contributed by atoms with Crippen molar-refractivity contribution in [3.05, 3.63) is 23.9 Å². The second-order valence-corrected chi connectivity index (χ2v) is 3.21. The maximum atomic E-state index is 5.32. The van der Waals surface area contributed by atoms with Crippen LogP contribution in [0.5, 0.6) is 11.5 Å². The van der Waals surface area contributed by atoms with Crippen LogP contribution in [0.3, 0.4) is 0 Å². The number of aryl methyl sites for hydroxylation is 1. The van der Waals surface area contributed by atoms with Crippen molar-refractivity contribution in [3.63, 3.8) is 0 Å². The summed E-state index contributed by atoms with van der Waals surface area (Å²) in [7, 11) is 3.29. The Balaban J connectivity index is 2.75. The minimum Gasteiger partial charge on any atom is -0.493 e. The third kappa shape index (κ3) is 1.21. The molecule has 1 N–H and O–H groups in total. The Bertz CT molecular complexity index is 460. The summed E-state index contributed by atoms with van der Waals surface area (Å²) in [5, 5.41) is 1.06. The normalized spacial score (nSPS) is 10.5. The van der Waals surface area contributed by atoms with Crippen LogP contribution in [0, 0.1) is 6.92 Å². The van der Waals surface area contributed by atoms with Crippen molar-refractivity contribution in [3.8, 4) is 11.5 Å². The van der Waals surface area contributed by atoms with Crippen LogP contribution in [0.2, 0.25) is 0 Å². The predicted octanol–water partition coefficient (Wildman–Crippen LogP) is 2.49. The summed E-state index contributed by atoms with van der Waals surface area (Å²) in [6.45, 7) is 2.02. The molecule has 1 aromatic heterocycles. The second kappa shape index (κ2) is 3.25. The second-order valence-electron chi connectivity index (χ2n) is 3.21. The van der Waals surface area contributed by atoms with Crippen molar-refractivity contribution in [2.75, 3.05) is 14.2 Å². The minimum atomic E-state index is 0.763. The number of ether oxygens (including phenoxy) is 2. The van der Waals surface area contributed by atoms with Gasteiger partial charge in [-0.2, -0.15) is 0 Å². The van der Waals surface area contributed by atoms with Gasteiger partial charge in [0.05, 0.1) is 14.2 Å². The lowest BCUT2D eigenvalue weighted by atomic mass is 10.2.